The van der Waals surface area contributed by atoms with Crippen LogP contribution in [0, 0.1) is 5.92 Å². The van der Waals surface area contributed by atoms with Crippen molar-refractivity contribution in [2.24, 2.45) is 5.92 Å². The number of hydrogen-bond donors (Lipinski definition) is 3. The minimum absolute atomic E-state index is 0.0333. The topological polar surface area (TPSA) is 111 Å². The number of piperidine rings is 1. The molecule has 9 nitrogen and oxygen atoms in total. The van der Waals surface area contributed by atoms with Crippen LogP contribution in [0.4, 0.5) is 11.4 Å². The maximum absolute atomic E-state index is 14.2. The lowest BCUT2D eigenvalue weighted by Gasteiger charge is -2.31. The van der Waals surface area contributed by atoms with E-state index in [1.54, 1.807) is 30.7 Å². The van der Waals surface area contributed by atoms with Crippen molar-refractivity contribution < 1.29 is 19.2 Å². The van der Waals surface area contributed by atoms with E-state index in [1.807, 2.05) is 42.5 Å². The van der Waals surface area contributed by atoms with E-state index in [4.69, 9.17) is 0 Å². The lowest BCUT2D eigenvalue weighted by molar-refractivity contribution is -0.132. The summed E-state index contributed by atoms with van der Waals surface area (Å²) in [6, 6.07) is 19.3. The maximum Gasteiger partial charge on any atom is 0.245 e. The fraction of sp³-hybridized carbons (Fsp3) is 0.394. The molecule has 1 saturated heterocycles. The number of nitrogens with zero attached hydrogens (tertiary/aromatic N) is 2. The van der Waals surface area contributed by atoms with Crippen molar-refractivity contribution >= 4 is 57.9 Å². The van der Waals surface area contributed by atoms with Crippen LogP contribution in [0.25, 0.3) is 10.8 Å². The van der Waals surface area contributed by atoms with Crippen LogP contribution in [0.2, 0.25) is 0 Å². The van der Waals surface area contributed by atoms with Crippen LogP contribution in [-0.4, -0.2) is 72.9 Å². The van der Waals surface area contributed by atoms with Gasteiger partial charge in [-0.2, -0.15) is 0 Å². The summed E-state index contributed by atoms with van der Waals surface area (Å²) >= 11 is 1.52. The van der Waals surface area contributed by atoms with Gasteiger partial charge < -0.3 is 30.5 Å². The Labute approximate surface area is 256 Å². The van der Waals surface area contributed by atoms with E-state index in [1.165, 1.54) is 11.8 Å². The molecule has 0 saturated carbocycles. The zero-order chi connectivity index (χ0) is 30.6. The number of thioether (sulfide) groups is 1. The highest BCUT2D eigenvalue weighted by Crippen LogP contribution is 2.41. The molecule has 5 rings (SSSR count). The Bertz CT molecular complexity index is 1520. The third-order valence-corrected chi connectivity index (χ3v) is 9.79. The fourth-order valence-corrected chi connectivity index (χ4v) is 6.85. The predicted octanol–water partition coefficient (Wildman–Crippen LogP) is 3.81. The first-order chi connectivity index (χ1) is 20.7. The predicted molar refractivity (Wildman–Crippen MR) is 171 cm³/mol. The number of carbonyl (C=O) groups is 4. The molecule has 3 amide bonds. The lowest BCUT2D eigenvalue weighted by Crippen LogP contribution is -2.55. The largest absolute Gasteiger partial charge is 0.343 e. The van der Waals surface area contributed by atoms with E-state index in [0.717, 1.165) is 33.2 Å². The van der Waals surface area contributed by atoms with Gasteiger partial charge in [0, 0.05) is 38.2 Å². The summed E-state index contributed by atoms with van der Waals surface area (Å²) in [5.41, 5.74) is 1.61. The van der Waals surface area contributed by atoms with E-state index in [0.29, 0.717) is 43.9 Å². The number of aldehydes is 1. The fourth-order valence-electron chi connectivity index (χ4n) is 5.66. The van der Waals surface area contributed by atoms with Crippen LogP contribution >= 0.6 is 11.8 Å². The van der Waals surface area contributed by atoms with E-state index >= 15 is 0 Å². The number of carbonyl (C=O) groups excluding carboxylic acids is 4. The molecule has 0 spiro atoms. The third kappa shape index (κ3) is 6.76. The van der Waals surface area contributed by atoms with Gasteiger partial charge in [-0.25, -0.2) is 0 Å². The summed E-state index contributed by atoms with van der Waals surface area (Å²) in [6.07, 6.45) is 2.09. The molecule has 0 radical (unpaired) electrons. The summed E-state index contributed by atoms with van der Waals surface area (Å²) in [5, 5.41) is 11.7. The van der Waals surface area contributed by atoms with Gasteiger partial charge in [-0.15, -0.1) is 11.8 Å². The molecular formula is C33H39N5O4S. The molecule has 0 bridgehead atoms. The van der Waals surface area contributed by atoms with Gasteiger partial charge >= 0.3 is 0 Å². The average Bonchev–Trinajstić information content (AvgIpc) is 3.16. The van der Waals surface area contributed by atoms with E-state index in [2.05, 4.69) is 34.1 Å². The lowest BCUT2D eigenvalue weighted by atomic mass is 9.95. The molecule has 3 aromatic carbocycles. The van der Waals surface area contributed by atoms with Gasteiger partial charge in [-0.05, 0) is 55.3 Å². The van der Waals surface area contributed by atoms with Crippen molar-refractivity contribution in [1.82, 2.24) is 15.5 Å². The van der Waals surface area contributed by atoms with Crippen LogP contribution in [-0.2, 0) is 25.7 Å². The summed E-state index contributed by atoms with van der Waals surface area (Å²) in [7, 11) is 1.72. The molecule has 0 aliphatic carbocycles. The van der Waals surface area contributed by atoms with Crippen LogP contribution in [0.5, 0.6) is 0 Å². The van der Waals surface area contributed by atoms with Crippen LogP contribution in [0.3, 0.4) is 0 Å². The molecular weight excluding hydrogens is 562 g/mol. The molecule has 2 heterocycles. The monoisotopic (exact) mass is 601 g/mol. The van der Waals surface area contributed by atoms with Gasteiger partial charge in [-0.3, -0.25) is 14.4 Å². The maximum atomic E-state index is 14.2. The Hall–Kier alpha value is -3.73. The summed E-state index contributed by atoms with van der Waals surface area (Å²) in [4.78, 5) is 55.5. The van der Waals surface area contributed by atoms with Gasteiger partial charge in [0.2, 0.25) is 17.7 Å². The number of hydrogen-bond acceptors (Lipinski definition) is 7. The highest BCUT2D eigenvalue weighted by atomic mass is 32.2. The Kier molecular flexibility index (Phi) is 9.49. The normalized spacial score (nSPS) is 19.0. The molecule has 2 atom stereocenters. The quantitative estimate of drug-likeness (QED) is 0.320. The van der Waals surface area contributed by atoms with E-state index < -0.39 is 11.6 Å². The first-order valence-corrected chi connectivity index (χ1v) is 15.7. The van der Waals surface area contributed by atoms with Crippen molar-refractivity contribution in [2.75, 3.05) is 42.7 Å². The number of nitrogens with one attached hydrogen (secondary N) is 3. The second-order valence-electron chi connectivity index (χ2n) is 11.5. The third-order valence-electron chi connectivity index (χ3n) is 8.57. The highest BCUT2D eigenvalue weighted by Gasteiger charge is 2.34. The van der Waals surface area contributed by atoms with Crippen molar-refractivity contribution in [3.8, 4) is 0 Å². The number of likely N-dealkylation sites (N-methyl/N-ethyl adjacent to an activating group) is 1. The van der Waals surface area contributed by atoms with Crippen molar-refractivity contribution in [1.29, 1.82) is 0 Å². The van der Waals surface area contributed by atoms with Crippen molar-refractivity contribution in [3.05, 3.63) is 66.2 Å². The van der Waals surface area contributed by atoms with Crippen LogP contribution < -0.4 is 20.9 Å². The number of anilines is 2. The zero-order valence-corrected chi connectivity index (χ0v) is 25.7. The molecule has 0 aromatic heterocycles. The van der Waals surface area contributed by atoms with Crippen LogP contribution in [0.1, 0.15) is 32.3 Å². The first-order valence-electron chi connectivity index (χ1n) is 14.7. The Morgan fingerprint density at radius 3 is 2.49 bits per heavy atom. The van der Waals surface area contributed by atoms with E-state index in [-0.39, 0.29) is 30.2 Å². The molecule has 226 valence electrons. The number of amides is 3. The number of fused-ring (bicyclic) bond motifs is 2. The highest BCUT2D eigenvalue weighted by molar-refractivity contribution is 7.99. The van der Waals surface area contributed by atoms with Gasteiger partial charge in [0.15, 0.2) is 0 Å². The van der Waals surface area contributed by atoms with Gasteiger partial charge in [0.25, 0.3) is 0 Å². The molecule has 1 fully saturated rings. The number of benzene rings is 3. The standard InChI is InChI=1S/C33H39N5O4S/c1-22(40)37-16-14-24(15-17-37)31(41)36-27-12-7-13-29-30(27)43-19-28(35-20-33(2,21-39)34-3)32(42)38(29)18-25-10-6-9-23-8-4-5-11-26(23)25/h4-13,21,24,28,34-35H,14-20H2,1-3H3,(H,36,41)/t28-,33+/m0/s1. The van der Waals surface area contributed by atoms with Crippen molar-refractivity contribution in [3.63, 3.8) is 0 Å². The molecule has 43 heavy (non-hydrogen) atoms. The summed E-state index contributed by atoms with van der Waals surface area (Å²) < 4.78 is 0. The molecule has 2 aliphatic rings. The zero-order valence-electron chi connectivity index (χ0n) is 24.9. The molecule has 10 heteroatoms. The minimum atomic E-state index is -0.818. The van der Waals surface area contributed by atoms with Gasteiger partial charge in [-0.1, -0.05) is 48.5 Å². The van der Waals surface area contributed by atoms with E-state index in [9.17, 15) is 19.2 Å². The smallest absolute Gasteiger partial charge is 0.245 e. The summed E-state index contributed by atoms with van der Waals surface area (Å²) in [5.74, 6) is 0.112. The SMILES string of the molecule is CN[C@@](C)(C=O)CN[C@H]1CSc2c(NC(=O)C3CCN(C(C)=O)CC3)cccc2N(Cc2cccc3ccccc23)C1=O. The average molecular weight is 602 g/mol. The Balaban J connectivity index is 1.46. The van der Waals surface area contributed by atoms with Crippen molar-refractivity contribution in [2.45, 2.75) is 49.7 Å². The van der Waals surface area contributed by atoms with Crippen LogP contribution in [0.15, 0.2) is 65.6 Å². The molecule has 2 aliphatic heterocycles. The number of rotatable bonds is 9. The Morgan fingerprint density at radius 2 is 1.77 bits per heavy atom. The van der Waals surface area contributed by atoms with Gasteiger partial charge in [0.1, 0.15) is 6.29 Å². The molecule has 3 aromatic rings. The second-order valence-corrected chi connectivity index (χ2v) is 12.5. The van der Waals surface area contributed by atoms with Gasteiger partial charge in [0.05, 0.1) is 34.4 Å². The summed E-state index contributed by atoms with van der Waals surface area (Å²) in [6.45, 7) is 5.12. The second kappa shape index (κ2) is 13.3. The molecule has 0 unspecified atom stereocenters. The number of likely N-dealkylation sites (tertiary alicyclic amines) is 1. The molecule has 3 N–H and O–H groups in total. The minimum Gasteiger partial charge on any atom is -0.343 e. The Morgan fingerprint density at radius 1 is 1.05 bits per heavy atom. The first kappa shape index (κ1) is 30.7.